The van der Waals surface area contributed by atoms with Gasteiger partial charge in [0, 0.05) is 6.54 Å². The molecule has 136 valence electrons. The van der Waals surface area contributed by atoms with Gasteiger partial charge in [0.05, 0.1) is 23.7 Å². The topological polar surface area (TPSA) is 107 Å². The van der Waals surface area contributed by atoms with Crippen LogP contribution in [0.25, 0.3) is 0 Å². The Kier molecular flexibility index (Phi) is 5.21. The van der Waals surface area contributed by atoms with Crippen LogP contribution in [0.4, 0.5) is 0 Å². The minimum Gasteiger partial charge on any atom is -0.368 e. The summed E-state index contributed by atoms with van der Waals surface area (Å²) < 4.78 is 30.1. The number of hydrogen-bond donors (Lipinski definition) is 1. The van der Waals surface area contributed by atoms with Crippen molar-refractivity contribution in [1.82, 2.24) is 4.90 Å². The number of rotatable bonds is 5. The smallest absolute Gasteiger partial charge is 0.241 e. The number of ether oxygens (including phenoxy) is 1. The van der Waals surface area contributed by atoms with Crippen LogP contribution in [0.3, 0.4) is 0 Å². The molecule has 0 saturated carbocycles. The lowest BCUT2D eigenvalue weighted by Crippen LogP contribution is -2.57. The van der Waals surface area contributed by atoms with Crippen LogP contribution in [0.1, 0.15) is 18.4 Å². The first-order valence-electron chi connectivity index (χ1n) is 8.32. The van der Waals surface area contributed by atoms with Crippen LogP contribution in [0.2, 0.25) is 0 Å². The lowest BCUT2D eigenvalue weighted by atomic mass is 9.97. The third-order valence-corrected chi connectivity index (χ3v) is 6.25. The number of nitrogens with zero attached hydrogens (tertiary/aromatic N) is 1. The Balaban J connectivity index is 1.66. The molecule has 0 bridgehead atoms. The summed E-state index contributed by atoms with van der Waals surface area (Å²) in [6.07, 6.45) is 1.14. The van der Waals surface area contributed by atoms with E-state index in [0.29, 0.717) is 18.5 Å². The molecule has 2 aliphatic rings. The minimum atomic E-state index is -3.54. The fourth-order valence-corrected chi connectivity index (χ4v) is 4.99. The highest BCUT2D eigenvalue weighted by atomic mass is 32.2. The van der Waals surface area contributed by atoms with Crippen molar-refractivity contribution in [2.45, 2.75) is 36.8 Å². The predicted octanol–water partition coefficient (Wildman–Crippen LogP) is -0.112. The van der Waals surface area contributed by atoms with Crippen molar-refractivity contribution in [2.24, 2.45) is 5.73 Å². The molecule has 1 amide bonds. The summed E-state index contributed by atoms with van der Waals surface area (Å²) in [5.41, 5.74) is 6.55. The van der Waals surface area contributed by atoms with Crippen LogP contribution in [-0.2, 0) is 29.9 Å². The maximum Gasteiger partial charge on any atom is 0.241 e. The molecule has 2 aliphatic heterocycles. The Morgan fingerprint density at radius 2 is 2.04 bits per heavy atom. The zero-order chi connectivity index (χ0) is 18.0. The zero-order valence-electron chi connectivity index (χ0n) is 13.8. The molecule has 25 heavy (non-hydrogen) atoms. The Morgan fingerprint density at radius 3 is 2.76 bits per heavy atom. The SMILES string of the molecule is NC(CS(=O)(=O)Cc1ccccc1)C(=O)N1CCCC2OCC(=O)C21. The summed E-state index contributed by atoms with van der Waals surface area (Å²) in [7, 11) is -3.54. The molecule has 8 heteroatoms. The number of piperidine rings is 1. The number of sulfone groups is 1. The molecular weight excluding hydrogens is 344 g/mol. The number of likely N-dealkylation sites (tertiary alicyclic amines) is 1. The van der Waals surface area contributed by atoms with Gasteiger partial charge in [-0.25, -0.2) is 8.42 Å². The molecule has 1 aromatic rings. The fourth-order valence-electron chi connectivity index (χ4n) is 3.48. The average molecular weight is 366 g/mol. The van der Waals surface area contributed by atoms with E-state index in [4.69, 9.17) is 10.5 Å². The van der Waals surface area contributed by atoms with E-state index in [9.17, 15) is 18.0 Å². The molecule has 2 fully saturated rings. The van der Waals surface area contributed by atoms with E-state index in [0.717, 1.165) is 6.42 Å². The summed E-state index contributed by atoms with van der Waals surface area (Å²) in [6.45, 7) is 0.405. The Bertz CT molecular complexity index is 750. The van der Waals surface area contributed by atoms with E-state index in [1.54, 1.807) is 30.3 Å². The number of carbonyl (C=O) groups is 2. The second kappa shape index (κ2) is 7.23. The number of Topliss-reactive ketones (excluding diaryl/α,β-unsaturated/α-hetero) is 1. The maximum atomic E-state index is 12.6. The van der Waals surface area contributed by atoms with Crippen molar-refractivity contribution in [3.63, 3.8) is 0 Å². The Morgan fingerprint density at radius 1 is 1.32 bits per heavy atom. The van der Waals surface area contributed by atoms with Crippen molar-refractivity contribution in [2.75, 3.05) is 18.9 Å². The standard InChI is InChI=1S/C17H22N2O5S/c18-13(11-25(22,23)10-12-5-2-1-3-6-12)17(21)19-8-4-7-15-16(19)14(20)9-24-15/h1-3,5-6,13,15-16H,4,7-11,18H2. The fraction of sp³-hybridized carbons (Fsp3) is 0.529. The van der Waals surface area contributed by atoms with Crippen molar-refractivity contribution < 1.29 is 22.7 Å². The van der Waals surface area contributed by atoms with Crippen molar-refractivity contribution in [3.8, 4) is 0 Å². The molecule has 0 aliphatic carbocycles. The lowest BCUT2D eigenvalue weighted by Gasteiger charge is -2.36. The van der Waals surface area contributed by atoms with Gasteiger partial charge in [-0.05, 0) is 18.4 Å². The van der Waals surface area contributed by atoms with Gasteiger partial charge in [0.25, 0.3) is 0 Å². The van der Waals surface area contributed by atoms with Crippen LogP contribution >= 0.6 is 0 Å². The maximum absolute atomic E-state index is 12.6. The second-order valence-corrected chi connectivity index (χ2v) is 8.69. The van der Waals surface area contributed by atoms with Gasteiger partial charge >= 0.3 is 0 Å². The summed E-state index contributed by atoms with van der Waals surface area (Å²) in [5, 5.41) is 0. The van der Waals surface area contributed by atoms with Gasteiger partial charge in [-0.3, -0.25) is 9.59 Å². The number of ketones is 1. The van der Waals surface area contributed by atoms with Crippen molar-refractivity contribution >= 4 is 21.5 Å². The normalized spacial score (nSPS) is 24.8. The average Bonchev–Trinajstić information content (AvgIpc) is 2.95. The molecule has 2 heterocycles. The molecule has 0 aromatic heterocycles. The molecule has 3 rings (SSSR count). The molecular formula is C17H22N2O5S. The van der Waals surface area contributed by atoms with Gasteiger partial charge in [0.1, 0.15) is 12.6 Å². The third kappa shape index (κ3) is 4.08. The first kappa shape index (κ1) is 18.0. The quantitative estimate of drug-likeness (QED) is 0.779. The number of benzene rings is 1. The summed E-state index contributed by atoms with van der Waals surface area (Å²) in [6, 6.07) is 6.96. The van der Waals surface area contributed by atoms with E-state index in [1.807, 2.05) is 0 Å². The number of fused-ring (bicyclic) bond motifs is 1. The first-order valence-corrected chi connectivity index (χ1v) is 10.1. The molecule has 0 radical (unpaired) electrons. The molecule has 7 nitrogen and oxygen atoms in total. The third-order valence-electron chi connectivity index (χ3n) is 4.61. The summed E-state index contributed by atoms with van der Waals surface area (Å²) >= 11 is 0. The van der Waals surface area contributed by atoms with E-state index < -0.39 is 33.6 Å². The first-order chi connectivity index (χ1) is 11.9. The van der Waals surface area contributed by atoms with Crippen LogP contribution in [0.5, 0.6) is 0 Å². The van der Waals surface area contributed by atoms with E-state index in [1.165, 1.54) is 4.90 Å². The minimum absolute atomic E-state index is 0.000652. The molecule has 2 saturated heterocycles. The molecule has 2 N–H and O–H groups in total. The number of amides is 1. The summed E-state index contributed by atoms with van der Waals surface area (Å²) in [5.74, 6) is -1.24. The number of nitrogens with two attached hydrogens (primary N) is 1. The highest BCUT2D eigenvalue weighted by molar-refractivity contribution is 7.90. The highest BCUT2D eigenvalue weighted by Crippen LogP contribution is 2.26. The largest absolute Gasteiger partial charge is 0.368 e. The Labute approximate surface area is 147 Å². The van der Waals surface area contributed by atoms with E-state index >= 15 is 0 Å². The van der Waals surface area contributed by atoms with Crippen LogP contribution in [0.15, 0.2) is 30.3 Å². The van der Waals surface area contributed by atoms with E-state index in [-0.39, 0.29) is 24.2 Å². The van der Waals surface area contributed by atoms with Gasteiger partial charge in [0.15, 0.2) is 15.6 Å². The van der Waals surface area contributed by atoms with Gasteiger partial charge in [-0.1, -0.05) is 30.3 Å². The van der Waals surface area contributed by atoms with Crippen LogP contribution in [-0.4, -0.2) is 62.1 Å². The predicted molar refractivity (Wildman–Crippen MR) is 91.4 cm³/mol. The van der Waals surface area contributed by atoms with Gasteiger partial charge in [-0.15, -0.1) is 0 Å². The molecule has 3 unspecified atom stereocenters. The monoisotopic (exact) mass is 366 g/mol. The molecule has 1 aromatic carbocycles. The molecule has 3 atom stereocenters. The van der Waals surface area contributed by atoms with Crippen molar-refractivity contribution in [3.05, 3.63) is 35.9 Å². The summed E-state index contributed by atoms with van der Waals surface area (Å²) in [4.78, 5) is 26.0. The second-order valence-electron chi connectivity index (χ2n) is 6.58. The van der Waals surface area contributed by atoms with Crippen LogP contribution < -0.4 is 5.73 Å². The van der Waals surface area contributed by atoms with Crippen LogP contribution in [0, 0.1) is 0 Å². The number of hydrogen-bond acceptors (Lipinski definition) is 6. The van der Waals surface area contributed by atoms with E-state index in [2.05, 4.69) is 0 Å². The van der Waals surface area contributed by atoms with Crippen molar-refractivity contribution in [1.29, 1.82) is 0 Å². The number of carbonyl (C=O) groups excluding carboxylic acids is 2. The van der Waals surface area contributed by atoms with Gasteiger partial charge in [-0.2, -0.15) is 0 Å². The lowest BCUT2D eigenvalue weighted by molar-refractivity contribution is -0.141. The van der Waals surface area contributed by atoms with Gasteiger partial charge < -0.3 is 15.4 Å². The molecule has 0 spiro atoms. The Hall–Kier alpha value is -1.77. The highest BCUT2D eigenvalue weighted by Gasteiger charge is 2.45. The van der Waals surface area contributed by atoms with Gasteiger partial charge in [0.2, 0.25) is 5.91 Å². The zero-order valence-corrected chi connectivity index (χ0v) is 14.7.